The SMILES string of the molecule is CC(=O)c1ccc2[se]c3ccccc3c2c1. The fourth-order valence-corrected chi connectivity index (χ4v) is 4.22. The molecule has 1 nitrogen and oxygen atoms in total. The van der Waals surface area contributed by atoms with Crippen molar-refractivity contribution in [3.05, 3.63) is 48.0 Å². The molecule has 3 rings (SSSR count). The van der Waals surface area contributed by atoms with Crippen molar-refractivity contribution in [3.63, 3.8) is 0 Å². The second kappa shape index (κ2) is 3.58. The van der Waals surface area contributed by atoms with Crippen molar-refractivity contribution >= 4 is 39.6 Å². The van der Waals surface area contributed by atoms with Gasteiger partial charge in [0, 0.05) is 0 Å². The van der Waals surface area contributed by atoms with E-state index in [4.69, 9.17) is 0 Å². The van der Waals surface area contributed by atoms with Crippen LogP contribution in [0.5, 0.6) is 0 Å². The number of fused-ring (bicyclic) bond motifs is 3. The van der Waals surface area contributed by atoms with Crippen molar-refractivity contribution in [2.24, 2.45) is 0 Å². The predicted octanol–water partition coefficient (Wildman–Crippen LogP) is 3.25. The molecule has 0 saturated heterocycles. The number of carbonyl (C=O) groups excluding carboxylic acids is 1. The van der Waals surface area contributed by atoms with Crippen molar-refractivity contribution in [2.75, 3.05) is 0 Å². The van der Waals surface area contributed by atoms with E-state index in [-0.39, 0.29) is 5.78 Å². The van der Waals surface area contributed by atoms with Crippen molar-refractivity contribution in [1.29, 1.82) is 0 Å². The first-order valence-electron chi connectivity index (χ1n) is 5.18. The topological polar surface area (TPSA) is 17.1 Å². The van der Waals surface area contributed by atoms with E-state index in [1.54, 1.807) is 6.92 Å². The molecule has 1 aromatic heterocycles. The third-order valence-electron chi connectivity index (χ3n) is 2.78. The van der Waals surface area contributed by atoms with Crippen molar-refractivity contribution in [1.82, 2.24) is 0 Å². The molecule has 0 bridgehead atoms. The minimum absolute atomic E-state index is 0.139. The van der Waals surface area contributed by atoms with Gasteiger partial charge in [0.2, 0.25) is 0 Å². The number of ketones is 1. The van der Waals surface area contributed by atoms with Gasteiger partial charge >= 0.3 is 99.3 Å². The van der Waals surface area contributed by atoms with Crippen LogP contribution in [0.3, 0.4) is 0 Å². The first kappa shape index (κ1) is 9.83. The molecule has 0 unspecified atom stereocenters. The molecule has 3 aromatic rings. The molecular weight excluding hydrogens is 263 g/mol. The fourth-order valence-electron chi connectivity index (χ4n) is 1.95. The molecule has 0 aliphatic rings. The number of Topliss-reactive ketones (excluding diaryl/α,β-unsaturated/α-hetero) is 1. The van der Waals surface area contributed by atoms with Crippen LogP contribution in [0.1, 0.15) is 17.3 Å². The second-order valence-corrected chi connectivity index (χ2v) is 6.14. The van der Waals surface area contributed by atoms with Crippen molar-refractivity contribution in [3.8, 4) is 0 Å². The average Bonchev–Trinajstić information content (AvgIpc) is 2.66. The van der Waals surface area contributed by atoms with E-state index in [0.717, 1.165) is 5.56 Å². The van der Waals surface area contributed by atoms with Crippen molar-refractivity contribution in [2.45, 2.75) is 6.92 Å². The normalized spacial score (nSPS) is 11.1. The molecule has 1 heterocycles. The van der Waals surface area contributed by atoms with E-state index in [1.807, 2.05) is 12.1 Å². The van der Waals surface area contributed by atoms with Gasteiger partial charge in [0.1, 0.15) is 0 Å². The van der Waals surface area contributed by atoms with Gasteiger partial charge in [0.05, 0.1) is 0 Å². The summed E-state index contributed by atoms with van der Waals surface area (Å²) >= 11 is 0.404. The molecule has 0 fully saturated rings. The number of rotatable bonds is 1. The van der Waals surface area contributed by atoms with Gasteiger partial charge in [-0.15, -0.1) is 0 Å². The molecule has 0 radical (unpaired) electrons. The Bertz CT molecular complexity index is 694. The van der Waals surface area contributed by atoms with Crippen LogP contribution in [0.4, 0.5) is 0 Å². The zero-order valence-corrected chi connectivity index (χ0v) is 10.6. The van der Waals surface area contributed by atoms with E-state index in [0.29, 0.717) is 14.5 Å². The number of carbonyl (C=O) groups is 1. The molecule has 2 heteroatoms. The quantitative estimate of drug-likeness (QED) is 0.491. The second-order valence-electron chi connectivity index (χ2n) is 3.87. The van der Waals surface area contributed by atoms with Gasteiger partial charge in [-0.1, -0.05) is 0 Å². The van der Waals surface area contributed by atoms with Crippen LogP contribution in [0.15, 0.2) is 42.5 Å². The summed E-state index contributed by atoms with van der Waals surface area (Å²) in [6.45, 7) is 1.62. The Morgan fingerprint density at radius 3 is 2.56 bits per heavy atom. The molecule has 0 aliphatic heterocycles. The molecule has 0 atom stereocenters. The zero-order valence-electron chi connectivity index (χ0n) is 8.86. The standard InChI is InChI=1S/C14H10OSe/c1-9(15)10-6-7-14-12(8-10)11-4-2-3-5-13(11)16-14/h2-8H,1H3. The molecule has 0 amide bonds. The van der Waals surface area contributed by atoms with Gasteiger partial charge in [-0.25, -0.2) is 0 Å². The summed E-state index contributed by atoms with van der Waals surface area (Å²) in [5.74, 6) is 0.139. The Morgan fingerprint density at radius 1 is 1.00 bits per heavy atom. The maximum atomic E-state index is 11.4. The molecule has 2 aromatic carbocycles. The fraction of sp³-hybridized carbons (Fsp3) is 0.0714. The van der Waals surface area contributed by atoms with Gasteiger partial charge in [0.15, 0.2) is 0 Å². The van der Waals surface area contributed by atoms with E-state index >= 15 is 0 Å². The van der Waals surface area contributed by atoms with Gasteiger partial charge in [0.25, 0.3) is 0 Å². The Balaban J connectivity index is 2.44. The molecule has 16 heavy (non-hydrogen) atoms. The summed E-state index contributed by atoms with van der Waals surface area (Å²) in [5, 5.41) is 2.56. The molecule has 0 saturated carbocycles. The first-order valence-corrected chi connectivity index (χ1v) is 6.89. The monoisotopic (exact) mass is 274 g/mol. The summed E-state index contributed by atoms with van der Waals surface area (Å²) in [7, 11) is 0. The molecule has 0 N–H and O–H groups in total. The summed E-state index contributed by atoms with van der Waals surface area (Å²) in [5.41, 5.74) is 0.811. The van der Waals surface area contributed by atoms with Crippen LogP contribution in [-0.2, 0) is 0 Å². The van der Waals surface area contributed by atoms with Gasteiger partial charge < -0.3 is 0 Å². The van der Waals surface area contributed by atoms with Crippen LogP contribution >= 0.6 is 0 Å². The van der Waals surface area contributed by atoms with Crippen LogP contribution in [-0.4, -0.2) is 20.3 Å². The third-order valence-corrected chi connectivity index (χ3v) is 5.20. The van der Waals surface area contributed by atoms with Crippen LogP contribution in [0.2, 0.25) is 0 Å². The Kier molecular flexibility index (Phi) is 2.20. The number of benzene rings is 2. The summed E-state index contributed by atoms with van der Waals surface area (Å²) in [6.07, 6.45) is 0. The zero-order chi connectivity index (χ0) is 11.1. The van der Waals surface area contributed by atoms with Gasteiger partial charge in [-0.3, -0.25) is 0 Å². The summed E-state index contributed by atoms with van der Waals surface area (Å²) in [4.78, 5) is 11.4. The van der Waals surface area contributed by atoms with E-state index in [9.17, 15) is 4.79 Å². The average molecular weight is 273 g/mol. The number of hydrogen-bond donors (Lipinski definition) is 0. The van der Waals surface area contributed by atoms with Crippen molar-refractivity contribution < 1.29 is 4.79 Å². The summed E-state index contributed by atoms with van der Waals surface area (Å²) < 4.78 is 2.81. The van der Waals surface area contributed by atoms with E-state index < -0.39 is 0 Å². The van der Waals surface area contributed by atoms with Gasteiger partial charge in [-0.2, -0.15) is 0 Å². The van der Waals surface area contributed by atoms with Gasteiger partial charge in [-0.05, 0) is 0 Å². The molecule has 0 aliphatic carbocycles. The molecular formula is C14H10OSe. The van der Waals surface area contributed by atoms with Crippen LogP contribution in [0, 0.1) is 0 Å². The Morgan fingerprint density at radius 2 is 1.75 bits per heavy atom. The van der Waals surface area contributed by atoms with E-state index in [1.165, 1.54) is 19.3 Å². The van der Waals surface area contributed by atoms with Crippen LogP contribution in [0.25, 0.3) is 19.3 Å². The minimum atomic E-state index is 0.139. The Labute approximate surface area is 99.4 Å². The van der Waals surface area contributed by atoms with Crippen LogP contribution < -0.4 is 0 Å². The maximum absolute atomic E-state index is 11.4. The summed E-state index contributed by atoms with van der Waals surface area (Å²) in [6, 6.07) is 14.5. The Hall–Kier alpha value is -1.37. The molecule has 0 spiro atoms. The van der Waals surface area contributed by atoms with E-state index in [2.05, 4.69) is 30.3 Å². The molecule has 78 valence electrons. The third kappa shape index (κ3) is 1.42. The first-order chi connectivity index (χ1) is 7.75. The predicted molar refractivity (Wildman–Crippen MR) is 68.4 cm³/mol. The number of hydrogen-bond acceptors (Lipinski definition) is 1.